The number of esters is 1. The van der Waals surface area contributed by atoms with E-state index in [2.05, 4.69) is 4.99 Å². The molecule has 0 saturated carbocycles. The van der Waals surface area contributed by atoms with Crippen LogP contribution >= 0.6 is 11.6 Å². The molecule has 4 rings (SSSR count). The van der Waals surface area contributed by atoms with Crippen molar-refractivity contribution in [2.75, 3.05) is 6.61 Å². The number of cyclic esters (lactones) is 1. The highest BCUT2D eigenvalue weighted by Gasteiger charge is 2.24. The average Bonchev–Trinajstić information content (AvgIpc) is 3.14. The van der Waals surface area contributed by atoms with Crippen molar-refractivity contribution in [3.05, 3.63) is 99.5 Å². The summed E-state index contributed by atoms with van der Waals surface area (Å²) in [5.74, 6) is -0.00353. The Kier molecular flexibility index (Phi) is 6.75. The van der Waals surface area contributed by atoms with E-state index in [1.54, 1.807) is 18.2 Å². The molecule has 1 heterocycles. The maximum absolute atomic E-state index is 13.2. The lowest BCUT2D eigenvalue weighted by Gasteiger charge is -2.15. The molecule has 0 fully saturated rings. The fraction of sp³-hybridized carbons (Fsp3) is 0.154. The zero-order valence-corrected chi connectivity index (χ0v) is 18.9. The molecule has 0 radical (unpaired) electrons. The summed E-state index contributed by atoms with van der Waals surface area (Å²) >= 11 is 6.51. The Hall–Kier alpha value is -3.64. The zero-order chi connectivity index (χ0) is 23.4. The van der Waals surface area contributed by atoms with Crippen LogP contribution in [0.5, 0.6) is 11.5 Å². The van der Waals surface area contributed by atoms with Crippen LogP contribution in [0.3, 0.4) is 0 Å². The molecular weight excluding hydrogens is 445 g/mol. The number of carbonyl (C=O) groups is 1. The van der Waals surface area contributed by atoms with Gasteiger partial charge >= 0.3 is 5.97 Å². The number of hydrogen-bond donors (Lipinski definition) is 0. The third-order valence-electron chi connectivity index (χ3n) is 4.81. The zero-order valence-electron chi connectivity index (χ0n) is 18.1. The second kappa shape index (κ2) is 9.88. The van der Waals surface area contributed by atoms with Gasteiger partial charge in [0.15, 0.2) is 17.2 Å². The first kappa shape index (κ1) is 22.6. The van der Waals surface area contributed by atoms with E-state index in [1.807, 2.05) is 38.1 Å². The van der Waals surface area contributed by atoms with Crippen LogP contribution in [-0.4, -0.2) is 18.5 Å². The maximum Gasteiger partial charge on any atom is 0.363 e. The van der Waals surface area contributed by atoms with E-state index >= 15 is 0 Å². The number of nitrogens with zero attached hydrogens (tertiary/aromatic N) is 1. The van der Waals surface area contributed by atoms with Crippen molar-refractivity contribution in [3.8, 4) is 11.5 Å². The van der Waals surface area contributed by atoms with Crippen molar-refractivity contribution in [1.29, 1.82) is 0 Å². The lowest BCUT2D eigenvalue weighted by molar-refractivity contribution is -0.129. The van der Waals surface area contributed by atoms with Crippen LogP contribution in [0.2, 0.25) is 5.02 Å². The van der Waals surface area contributed by atoms with Crippen molar-refractivity contribution in [2.45, 2.75) is 20.5 Å². The Morgan fingerprint density at radius 3 is 2.61 bits per heavy atom. The van der Waals surface area contributed by atoms with Gasteiger partial charge in [0.25, 0.3) is 0 Å². The third-order valence-corrected chi connectivity index (χ3v) is 5.09. The summed E-state index contributed by atoms with van der Waals surface area (Å²) in [6.07, 6.45) is 1.55. The van der Waals surface area contributed by atoms with E-state index in [9.17, 15) is 9.18 Å². The Morgan fingerprint density at radius 1 is 1.09 bits per heavy atom. The molecule has 7 heteroatoms. The van der Waals surface area contributed by atoms with Crippen molar-refractivity contribution in [3.63, 3.8) is 0 Å². The smallest absolute Gasteiger partial charge is 0.363 e. The monoisotopic (exact) mass is 465 g/mol. The van der Waals surface area contributed by atoms with E-state index in [4.69, 9.17) is 25.8 Å². The van der Waals surface area contributed by atoms with Crippen LogP contribution in [0, 0.1) is 12.7 Å². The molecule has 3 aromatic carbocycles. The summed E-state index contributed by atoms with van der Waals surface area (Å²) in [5.41, 5.74) is 3.35. The highest BCUT2D eigenvalue weighted by atomic mass is 35.5. The lowest BCUT2D eigenvalue weighted by Crippen LogP contribution is -2.05. The number of hydrogen-bond acceptors (Lipinski definition) is 5. The average molecular weight is 466 g/mol. The Morgan fingerprint density at radius 2 is 1.88 bits per heavy atom. The number of carbonyl (C=O) groups excluding carboxylic acids is 1. The Balaban J connectivity index is 1.61. The van der Waals surface area contributed by atoms with Gasteiger partial charge in [-0.15, -0.1) is 0 Å². The second-order valence-electron chi connectivity index (χ2n) is 7.38. The van der Waals surface area contributed by atoms with Crippen LogP contribution in [0.4, 0.5) is 4.39 Å². The van der Waals surface area contributed by atoms with E-state index in [-0.39, 0.29) is 17.4 Å². The summed E-state index contributed by atoms with van der Waals surface area (Å²) in [7, 11) is 0. The second-order valence-corrected chi connectivity index (χ2v) is 7.79. The van der Waals surface area contributed by atoms with E-state index < -0.39 is 5.97 Å². The lowest BCUT2D eigenvalue weighted by atomic mass is 10.1. The highest BCUT2D eigenvalue weighted by molar-refractivity contribution is 6.32. The molecule has 33 heavy (non-hydrogen) atoms. The molecular formula is C26H21ClFNO4. The molecule has 0 aliphatic carbocycles. The van der Waals surface area contributed by atoms with E-state index in [1.165, 1.54) is 24.3 Å². The molecule has 3 aromatic rings. The van der Waals surface area contributed by atoms with Crippen molar-refractivity contribution in [2.24, 2.45) is 4.99 Å². The molecule has 0 atom stereocenters. The summed E-state index contributed by atoms with van der Waals surface area (Å²) in [6.45, 7) is 4.62. The van der Waals surface area contributed by atoms with Gasteiger partial charge in [-0.2, -0.15) is 0 Å². The molecule has 0 amide bonds. The number of benzene rings is 3. The molecule has 168 valence electrons. The van der Waals surface area contributed by atoms with Gasteiger partial charge in [-0.25, -0.2) is 14.2 Å². The minimum Gasteiger partial charge on any atom is -0.490 e. The van der Waals surface area contributed by atoms with E-state index in [0.717, 1.165) is 11.1 Å². The van der Waals surface area contributed by atoms with Crippen LogP contribution in [0.1, 0.15) is 29.2 Å². The topological polar surface area (TPSA) is 57.1 Å². The van der Waals surface area contributed by atoms with Gasteiger partial charge < -0.3 is 14.2 Å². The van der Waals surface area contributed by atoms with Gasteiger partial charge in [0.1, 0.15) is 12.4 Å². The molecule has 0 saturated heterocycles. The van der Waals surface area contributed by atoms with Gasteiger partial charge in [-0.3, -0.25) is 0 Å². The molecule has 0 unspecified atom stereocenters. The molecule has 1 aliphatic rings. The van der Waals surface area contributed by atoms with Crippen LogP contribution in [-0.2, 0) is 16.1 Å². The first-order valence-electron chi connectivity index (χ1n) is 10.4. The van der Waals surface area contributed by atoms with Crippen LogP contribution < -0.4 is 9.47 Å². The summed E-state index contributed by atoms with van der Waals surface area (Å²) in [5, 5.41) is 0.342. The largest absolute Gasteiger partial charge is 0.490 e. The number of aryl methyl sites for hydroxylation is 1. The summed E-state index contributed by atoms with van der Waals surface area (Å²) in [4.78, 5) is 16.6. The molecule has 0 aromatic heterocycles. The normalized spacial score (nSPS) is 14.2. The van der Waals surface area contributed by atoms with E-state index in [0.29, 0.717) is 40.9 Å². The quantitative estimate of drug-likeness (QED) is 0.312. The summed E-state index contributed by atoms with van der Waals surface area (Å²) < 4.78 is 30.1. The van der Waals surface area contributed by atoms with Gasteiger partial charge in [-0.05, 0) is 67.4 Å². The van der Waals surface area contributed by atoms with Gasteiger partial charge in [-0.1, -0.05) is 41.4 Å². The van der Waals surface area contributed by atoms with Crippen LogP contribution in [0.15, 0.2) is 71.4 Å². The SMILES string of the molecule is CCOc1cc(/C=C2\N=C(c3ccc(F)cc3)OC2=O)cc(Cl)c1OCc1cccc(C)c1. The van der Waals surface area contributed by atoms with Gasteiger partial charge in [0.05, 0.1) is 11.6 Å². The maximum atomic E-state index is 13.2. The van der Waals surface area contributed by atoms with Crippen molar-refractivity contribution < 1.29 is 23.4 Å². The summed E-state index contributed by atoms with van der Waals surface area (Å²) in [6, 6.07) is 16.9. The third kappa shape index (κ3) is 5.41. The first-order chi connectivity index (χ1) is 15.9. The van der Waals surface area contributed by atoms with Crippen molar-refractivity contribution >= 4 is 29.5 Å². The number of rotatable bonds is 7. The number of aliphatic imine (C=N–C) groups is 1. The predicted octanol–water partition coefficient (Wildman–Crippen LogP) is 6.11. The Bertz CT molecular complexity index is 1250. The molecule has 1 aliphatic heterocycles. The minimum absolute atomic E-state index is 0.0984. The predicted molar refractivity (Wildman–Crippen MR) is 125 cm³/mol. The minimum atomic E-state index is -0.608. The fourth-order valence-corrected chi connectivity index (χ4v) is 3.59. The first-order valence-corrected chi connectivity index (χ1v) is 10.7. The van der Waals surface area contributed by atoms with Crippen LogP contribution in [0.25, 0.3) is 6.08 Å². The number of ether oxygens (including phenoxy) is 3. The standard InChI is InChI=1S/C26H21ClFNO4/c1-3-31-23-14-18(12-21(27)24(23)32-15-17-6-4-5-16(2)11-17)13-22-26(30)33-25(29-22)19-7-9-20(28)10-8-19/h4-14H,3,15H2,1-2H3/b22-13-. The fourth-order valence-electron chi connectivity index (χ4n) is 3.31. The van der Waals surface area contributed by atoms with Gasteiger partial charge in [0, 0.05) is 5.56 Å². The van der Waals surface area contributed by atoms with Crippen molar-refractivity contribution in [1.82, 2.24) is 0 Å². The Labute approximate surface area is 196 Å². The van der Waals surface area contributed by atoms with Gasteiger partial charge in [0.2, 0.25) is 5.90 Å². The highest BCUT2D eigenvalue weighted by Crippen LogP contribution is 2.38. The molecule has 5 nitrogen and oxygen atoms in total. The molecule has 0 bridgehead atoms. The molecule has 0 spiro atoms. The number of halogens is 2. The molecule has 0 N–H and O–H groups in total.